The molecule has 1 atom stereocenters. The van der Waals surface area contributed by atoms with Crippen LogP contribution in [0.1, 0.15) is 40.0 Å². The van der Waals surface area contributed by atoms with E-state index in [0.717, 1.165) is 18.5 Å². The molecule has 0 aliphatic heterocycles. The summed E-state index contributed by atoms with van der Waals surface area (Å²) in [5.41, 5.74) is 7.17. The molecule has 0 spiro atoms. The number of rotatable bonds is 8. The monoisotopic (exact) mass is 313 g/mol. The molecule has 1 unspecified atom stereocenters. The molecule has 0 amide bonds. The summed E-state index contributed by atoms with van der Waals surface area (Å²) in [6, 6.07) is 5.07. The summed E-state index contributed by atoms with van der Waals surface area (Å²) in [4.78, 5) is 0.181. The van der Waals surface area contributed by atoms with Gasteiger partial charge < -0.3 is 11.1 Å². The van der Waals surface area contributed by atoms with Gasteiger partial charge in [-0.25, -0.2) is 13.1 Å². The highest BCUT2D eigenvalue weighted by Crippen LogP contribution is 2.24. The lowest BCUT2D eigenvalue weighted by Crippen LogP contribution is -2.20. The first-order chi connectivity index (χ1) is 9.76. The molecule has 1 aromatic carbocycles. The fourth-order valence-electron chi connectivity index (χ4n) is 2.13. The number of hydrogen-bond donors (Lipinski definition) is 3. The van der Waals surface area contributed by atoms with Gasteiger partial charge in [-0.2, -0.15) is 0 Å². The van der Waals surface area contributed by atoms with Gasteiger partial charge in [-0.15, -0.1) is 0 Å². The number of hydrogen-bond acceptors (Lipinski definition) is 4. The van der Waals surface area contributed by atoms with Crippen molar-refractivity contribution in [2.75, 3.05) is 18.1 Å². The molecular formula is C15H27N3O2S. The van der Waals surface area contributed by atoms with Crippen molar-refractivity contribution in [2.24, 2.45) is 5.92 Å². The first-order valence-electron chi connectivity index (χ1n) is 7.36. The first-order valence-corrected chi connectivity index (χ1v) is 8.84. The van der Waals surface area contributed by atoms with Crippen LogP contribution >= 0.6 is 0 Å². The third-order valence-electron chi connectivity index (χ3n) is 3.42. The predicted molar refractivity (Wildman–Crippen MR) is 88.9 cm³/mol. The summed E-state index contributed by atoms with van der Waals surface area (Å²) in [6.07, 6.45) is 3.44. The predicted octanol–water partition coefficient (Wildman–Crippen LogP) is 2.80. The molecule has 0 aromatic heterocycles. The molecule has 0 heterocycles. The Morgan fingerprint density at radius 3 is 2.38 bits per heavy atom. The molecule has 6 heteroatoms. The number of sulfonamides is 1. The molecule has 0 aliphatic carbocycles. The van der Waals surface area contributed by atoms with Crippen molar-refractivity contribution in [1.29, 1.82) is 0 Å². The number of nitrogen functional groups attached to an aromatic ring is 1. The number of anilines is 2. The van der Waals surface area contributed by atoms with Crippen molar-refractivity contribution in [1.82, 2.24) is 4.72 Å². The van der Waals surface area contributed by atoms with Gasteiger partial charge in [0, 0.05) is 6.04 Å². The van der Waals surface area contributed by atoms with Gasteiger partial charge in [0.25, 0.3) is 0 Å². The molecule has 1 aromatic rings. The lowest BCUT2D eigenvalue weighted by atomic mass is 10.0. The highest BCUT2D eigenvalue weighted by molar-refractivity contribution is 7.89. The Bertz CT molecular complexity index is 556. The average Bonchev–Trinajstić information content (AvgIpc) is 2.40. The van der Waals surface area contributed by atoms with E-state index in [4.69, 9.17) is 5.73 Å². The van der Waals surface area contributed by atoms with Gasteiger partial charge >= 0.3 is 0 Å². The molecule has 4 N–H and O–H groups in total. The minimum Gasteiger partial charge on any atom is -0.397 e. The van der Waals surface area contributed by atoms with Gasteiger partial charge in [0.15, 0.2) is 0 Å². The Morgan fingerprint density at radius 2 is 1.86 bits per heavy atom. The van der Waals surface area contributed by atoms with E-state index in [1.165, 1.54) is 19.5 Å². The van der Waals surface area contributed by atoms with Crippen LogP contribution in [0.25, 0.3) is 0 Å². The first kappa shape index (κ1) is 17.8. The Kier molecular flexibility index (Phi) is 6.48. The van der Waals surface area contributed by atoms with E-state index in [0.29, 0.717) is 17.6 Å². The van der Waals surface area contributed by atoms with Crippen LogP contribution in [-0.2, 0) is 10.0 Å². The van der Waals surface area contributed by atoms with E-state index in [1.54, 1.807) is 12.1 Å². The lowest BCUT2D eigenvalue weighted by molar-refractivity contribution is 0.520. The second-order valence-electron chi connectivity index (χ2n) is 5.83. The van der Waals surface area contributed by atoms with Crippen LogP contribution in [0.3, 0.4) is 0 Å². The largest absolute Gasteiger partial charge is 0.397 e. The topological polar surface area (TPSA) is 84.2 Å². The Morgan fingerprint density at radius 1 is 1.19 bits per heavy atom. The lowest BCUT2D eigenvalue weighted by Gasteiger charge is -2.18. The molecule has 1 rings (SSSR count). The van der Waals surface area contributed by atoms with Gasteiger partial charge in [0.1, 0.15) is 0 Å². The highest BCUT2D eigenvalue weighted by Gasteiger charge is 2.13. The fourth-order valence-corrected chi connectivity index (χ4v) is 2.89. The van der Waals surface area contributed by atoms with E-state index in [9.17, 15) is 8.42 Å². The normalized spacial score (nSPS) is 13.4. The van der Waals surface area contributed by atoms with E-state index >= 15 is 0 Å². The zero-order chi connectivity index (χ0) is 16.0. The van der Waals surface area contributed by atoms with Crippen molar-refractivity contribution in [2.45, 2.75) is 51.0 Å². The maximum atomic E-state index is 11.7. The van der Waals surface area contributed by atoms with Crippen molar-refractivity contribution in [3.63, 3.8) is 0 Å². The average molecular weight is 313 g/mol. The third-order valence-corrected chi connectivity index (χ3v) is 4.83. The van der Waals surface area contributed by atoms with Crippen LogP contribution in [0, 0.1) is 5.92 Å². The van der Waals surface area contributed by atoms with Crippen LogP contribution in [0.5, 0.6) is 0 Å². The number of benzene rings is 1. The standard InChI is InChI=1S/C15H27N3O2S/c1-11(2)6-5-7-12(3)18-15-9-8-13(10-14(15)16)21(19,20)17-4/h8-12,17-18H,5-7,16H2,1-4H3. The number of nitrogens with one attached hydrogen (secondary N) is 2. The third kappa shape index (κ3) is 5.55. The van der Waals surface area contributed by atoms with Crippen LogP contribution in [0.4, 0.5) is 11.4 Å². The molecule has 0 aliphatic rings. The molecule has 120 valence electrons. The maximum absolute atomic E-state index is 11.7. The summed E-state index contributed by atoms with van der Waals surface area (Å²) in [5.74, 6) is 0.716. The van der Waals surface area contributed by atoms with Gasteiger partial charge in [0.2, 0.25) is 10.0 Å². The van der Waals surface area contributed by atoms with E-state index in [1.807, 2.05) is 0 Å². The second kappa shape index (κ2) is 7.66. The Hall–Kier alpha value is -1.27. The molecule has 0 bridgehead atoms. The van der Waals surface area contributed by atoms with Crippen molar-refractivity contribution in [3.8, 4) is 0 Å². The van der Waals surface area contributed by atoms with E-state index < -0.39 is 10.0 Å². The van der Waals surface area contributed by atoms with Gasteiger partial charge in [-0.05, 0) is 44.5 Å². The SMILES string of the molecule is CNS(=O)(=O)c1ccc(NC(C)CCCC(C)C)c(N)c1. The highest BCUT2D eigenvalue weighted by atomic mass is 32.2. The van der Waals surface area contributed by atoms with Crippen LogP contribution in [-0.4, -0.2) is 21.5 Å². The Labute approximate surface area is 128 Å². The summed E-state index contributed by atoms with van der Waals surface area (Å²) in [6.45, 7) is 6.55. The van der Waals surface area contributed by atoms with Crippen LogP contribution in [0.2, 0.25) is 0 Å². The van der Waals surface area contributed by atoms with Gasteiger partial charge in [0.05, 0.1) is 16.3 Å². The minimum absolute atomic E-state index is 0.181. The van der Waals surface area contributed by atoms with Crippen LogP contribution in [0.15, 0.2) is 23.1 Å². The van der Waals surface area contributed by atoms with E-state index in [-0.39, 0.29) is 4.90 Å². The molecule has 0 saturated heterocycles. The summed E-state index contributed by atoms with van der Waals surface area (Å²) in [7, 11) is -2.06. The van der Waals surface area contributed by atoms with Gasteiger partial charge in [-0.3, -0.25) is 0 Å². The summed E-state index contributed by atoms with van der Waals surface area (Å²) >= 11 is 0. The van der Waals surface area contributed by atoms with Crippen LogP contribution < -0.4 is 15.8 Å². The Balaban J connectivity index is 2.69. The summed E-state index contributed by atoms with van der Waals surface area (Å²) in [5, 5.41) is 3.34. The van der Waals surface area contributed by atoms with Crippen molar-refractivity contribution >= 4 is 21.4 Å². The zero-order valence-corrected chi connectivity index (χ0v) is 14.1. The smallest absolute Gasteiger partial charge is 0.240 e. The zero-order valence-electron chi connectivity index (χ0n) is 13.3. The molecule has 5 nitrogen and oxygen atoms in total. The molecule has 0 radical (unpaired) electrons. The quantitative estimate of drug-likeness (QED) is 0.644. The molecule has 21 heavy (non-hydrogen) atoms. The molecule has 0 fully saturated rings. The second-order valence-corrected chi connectivity index (χ2v) is 7.71. The molecular weight excluding hydrogens is 286 g/mol. The fraction of sp³-hybridized carbons (Fsp3) is 0.600. The van der Waals surface area contributed by atoms with Gasteiger partial charge in [-0.1, -0.05) is 26.7 Å². The molecule has 0 saturated carbocycles. The summed E-state index contributed by atoms with van der Waals surface area (Å²) < 4.78 is 25.7. The minimum atomic E-state index is -3.45. The maximum Gasteiger partial charge on any atom is 0.240 e. The van der Waals surface area contributed by atoms with Crippen molar-refractivity contribution < 1.29 is 8.42 Å². The van der Waals surface area contributed by atoms with Crippen molar-refractivity contribution in [3.05, 3.63) is 18.2 Å². The van der Waals surface area contributed by atoms with E-state index in [2.05, 4.69) is 30.8 Å². The number of nitrogens with two attached hydrogens (primary N) is 1.